The van der Waals surface area contributed by atoms with Crippen LogP contribution in [0.1, 0.15) is 30.8 Å². The maximum absolute atomic E-state index is 11.5. The van der Waals surface area contributed by atoms with Crippen LogP contribution in [0.4, 0.5) is 5.82 Å². The lowest BCUT2D eigenvalue weighted by Gasteiger charge is -2.04. The van der Waals surface area contributed by atoms with Crippen LogP contribution >= 0.6 is 0 Å². The SMILES string of the molecule is CC1(C)CC1CNC(=O)c1nonc1N. The minimum absolute atomic E-state index is 0.0301. The molecule has 1 aromatic rings. The Bertz CT molecular complexity index is 385. The molecule has 1 aliphatic carbocycles. The number of carbonyl (C=O) groups is 1. The third-order valence-corrected chi connectivity index (χ3v) is 2.96. The lowest BCUT2D eigenvalue weighted by molar-refractivity contribution is 0.0941. The summed E-state index contributed by atoms with van der Waals surface area (Å²) in [5, 5.41) is 9.53. The van der Waals surface area contributed by atoms with E-state index >= 15 is 0 Å². The Kier molecular flexibility index (Phi) is 2.13. The Hall–Kier alpha value is -1.59. The molecule has 1 heterocycles. The number of carbonyl (C=O) groups excluding carboxylic acids is 1. The molecule has 1 amide bonds. The molecule has 0 aromatic carbocycles. The first-order chi connectivity index (χ1) is 7.00. The molecule has 82 valence electrons. The summed E-state index contributed by atoms with van der Waals surface area (Å²) < 4.78 is 4.34. The van der Waals surface area contributed by atoms with Gasteiger partial charge in [0.05, 0.1) is 0 Å². The number of hydrogen-bond acceptors (Lipinski definition) is 5. The summed E-state index contributed by atoms with van der Waals surface area (Å²) in [5.41, 5.74) is 5.80. The van der Waals surface area contributed by atoms with Gasteiger partial charge in [0.15, 0.2) is 0 Å². The van der Waals surface area contributed by atoms with Gasteiger partial charge in [-0.25, -0.2) is 4.63 Å². The van der Waals surface area contributed by atoms with Crippen LogP contribution in [0.2, 0.25) is 0 Å². The highest BCUT2D eigenvalue weighted by Gasteiger charge is 2.45. The molecule has 2 rings (SSSR count). The second kappa shape index (κ2) is 3.22. The molecule has 6 nitrogen and oxygen atoms in total. The van der Waals surface area contributed by atoms with Crippen LogP contribution < -0.4 is 11.1 Å². The van der Waals surface area contributed by atoms with Gasteiger partial charge in [-0.3, -0.25) is 4.79 Å². The molecule has 1 fully saturated rings. The number of hydrogen-bond donors (Lipinski definition) is 2. The van der Waals surface area contributed by atoms with Crippen LogP contribution in [-0.4, -0.2) is 22.8 Å². The minimum Gasteiger partial charge on any atom is -0.379 e. The summed E-state index contributed by atoms with van der Waals surface area (Å²) in [6, 6.07) is 0. The van der Waals surface area contributed by atoms with Gasteiger partial charge in [0, 0.05) is 6.54 Å². The largest absolute Gasteiger partial charge is 0.379 e. The van der Waals surface area contributed by atoms with E-state index < -0.39 is 0 Å². The average molecular weight is 210 g/mol. The third-order valence-electron chi connectivity index (χ3n) is 2.96. The molecule has 1 aromatic heterocycles. The third kappa shape index (κ3) is 1.93. The van der Waals surface area contributed by atoms with E-state index in [0.717, 1.165) is 6.42 Å². The lowest BCUT2D eigenvalue weighted by Crippen LogP contribution is -2.27. The fourth-order valence-electron chi connectivity index (χ4n) is 1.58. The van der Waals surface area contributed by atoms with Gasteiger partial charge in [-0.15, -0.1) is 0 Å². The summed E-state index contributed by atoms with van der Waals surface area (Å²) in [6.45, 7) is 5.00. The molecule has 0 saturated heterocycles. The van der Waals surface area contributed by atoms with Crippen molar-refractivity contribution in [3.8, 4) is 0 Å². The van der Waals surface area contributed by atoms with Crippen LogP contribution in [-0.2, 0) is 0 Å². The normalized spacial score (nSPS) is 22.4. The number of nitrogens with one attached hydrogen (secondary N) is 1. The van der Waals surface area contributed by atoms with E-state index in [1.165, 1.54) is 0 Å². The monoisotopic (exact) mass is 210 g/mol. The molecule has 1 atom stereocenters. The van der Waals surface area contributed by atoms with Gasteiger partial charge in [0.2, 0.25) is 11.5 Å². The van der Waals surface area contributed by atoms with E-state index in [1.54, 1.807) is 0 Å². The predicted molar refractivity (Wildman–Crippen MR) is 52.9 cm³/mol. The minimum atomic E-state index is -0.323. The van der Waals surface area contributed by atoms with Crippen LogP contribution in [0.3, 0.4) is 0 Å². The van der Waals surface area contributed by atoms with Crippen LogP contribution in [0.5, 0.6) is 0 Å². The predicted octanol–water partition coefficient (Wildman–Crippen LogP) is 0.428. The molecule has 0 radical (unpaired) electrons. The quantitative estimate of drug-likeness (QED) is 0.754. The molecule has 3 N–H and O–H groups in total. The first-order valence-corrected chi connectivity index (χ1v) is 4.87. The zero-order valence-corrected chi connectivity index (χ0v) is 8.78. The zero-order valence-electron chi connectivity index (χ0n) is 8.78. The van der Waals surface area contributed by atoms with E-state index in [0.29, 0.717) is 17.9 Å². The Labute approximate surface area is 87.2 Å². The fourth-order valence-corrected chi connectivity index (χ4v) is 1.58. The van der Waals surface area contributed by atoms with Crippen LogP contribution in [0, 0.1) is 11.3 Å². The molecule has 0 aliphatic heterocycles. The molecule has 15 heavy (non-hydrogen) atoms. The van der Waals surface area contributed by atoms with Crippen molar-refractivity contribution in [2.75, 3.05) is 12.3 Å². The van der Waals surface area contributed by atoms with Crippen molar-refractivity contribution < 1.29 is 9.42 Å². The first kappa shape index (κ1) is 9.95. The molecular formula is C9H14N4O2. The van der Waals surface area contributed by atoms with Gasteiger partial charge in [-0.05, 0) is 28.1 Å². The molecule has 1 saturated carbocycles. The second-order valence-electron chi connectivity index (χ2n) is 4.60. The van der Waals surface area contributed by atoms with Crippen LogP contribution in [0.15, 0.2) is 4.63 Å². The summed E-state index contributed by atoms with van der Waals surface area (Å²) >= 11 is 0. The summed E-state index contributed by atoms with van der Waals surface area (Å²) in [5.74, 6) is 0.251. The fraction of sp³-hybridized carbons (Fsp3) is 0.667. The maximum atomic E-state index is 11.5. The van der Waals surface area contributed by atoms with Crippen molar-refractivity contribution in [2.45, 2.75) is 20.3 Å². The Morgan fingerprint density at radius 2 is 2.33 bits per heavy atom. The molecular weight excluding hydrogens is 196 g/mol. The smallest absolute Gasteiger partial charge is 0.277 e. The van der Waals surface area contributed by atoms with Gasteiger partial charge in [-0.2, -0.15) is 0 Å². The van der Waals surface area contributed by atoms with Crippen molar-refractivity contribution in [1.29, 1.82) is 0 Å². The summed E-state index contributed by atoms with van der Waals surface area (Å²) in [7, 11) is 0. The van der Waals surface area contributed by atoms with Crippen molar-refractivity contribution in [3.05, 3.63) is 5.69 Å². The Morgan fingerprint density at radius 1 is 1.67 bits per heavy atom. The van der Waals surface area contributed by atoms with E-state index in [9.17, 15) is 4.79 Å². The van der Waals surface area contributed by atoms with Crippen molar-refractivity contribution in [1.82, 2.24) is 15.6 Å². The highest BCUT2D eigenvalue weighted by atomic mass is 16.6. The molecule has 0 bridgehead atoms. The lowest BCUT2D eigenvalue weighted by atomic mass is 10.1. The van der Waals surface area contributed by atoms with E-state index in [4.69, 9.17) is 5.73 Å². The molecule has 1 unspecified atom stereocenters. The van der Waals surface area contributed by atoms with Gasteiger partial charge >= 0.3 is 0 Å². The van der Waals surface area contributed by atoms with E-state index in [2.05, 4.69) is 34.1 Å². The second-order valence-corrected chi connectivity index (χ2v) is 4.60. The molecule has 6 heteroatoms. The van der Waals surface area contributed by atoms with Crippen molar-refractivity contribution in [2.24, 2.45) is 11.3 Å². The number of amides is 1. The first-order valence-electron chi connectivity index (χ1n) is 4.87. The summed E-state index contributed by atoms with van der Waals surface area (Å²) in [6.07, 6.45) is 1.14. The van der Waals surface area contributed by atoms with Gasteiger partial charge in [0.1, 0.15) is 0 Å². The van der Waals surface area contributed by atoms with Crippen molar-refractivity contribution >= 4 is 11.7 Å². The Morgan fingerprint density at radius 3 is 2.80 bits per heavy atom. The van der Waals surface area contributed by atoms with Crippen LogP contribution in [0.25, 0.3) is 0 Å². The number of nitrogens with zero attached hydrogens (tertiary/aromatic N) is 2. The number of nitrogen functional groups attached to an aromatic ring is 1. The topological polar surface area (TPSA) is 94.0 Å². The summed E-state index contributed by atoms with van der Waals surface area (Å²) in [4.78, 5) is 11.5. The number of anilines is 1. The molecule has 0 spiro atoms. The number of rotatable bonds is 3. The number of aromatic nitrogens is 2. The molecule has 1 aliphatic rings. The maximum Gasteiger partial charge on any atom is 0.277 e. The zero-order chi connectivity index (χ0) is 11.1. The van der Waals surface area contributed by atoms with Gasteiger partial charge in [-0.1, -0.05) is 13.8 Å². The van der Waals surface area contributed by atoms with Gasteiger partial charge in [0.25, 0.3) is 5.91 Å². The van der Waals surface area contributed by atoms with Crippen molar-refractivity contribution in [3.63, 3.8) is 0 Å². The standard InChI is InChI=1S/C9H14N4O2/c1-9(2)3-5(9)4-11-8(14)6-7(10)13-15-12-6/h5H,3-4H2,1-2H3,(H2,10,13)(H,11,14). The highest BCUT2D eigenvalue weighted by molar-refractivity contribution is 5.95. The van der Waals surface area contributed by atoms with Gasteiger partial charge < -0.3 is 11.1 Å². The van der Waals surface area contributed by atoms with E-state index in [1.807, 2.05) is 0 Å². The van der Waals surface area contributed by atoms with E-state index in [-0.39, 0.29) is 17.4 Å². The number of nitrogens with two attached hydrogens (primary N) is 1. The highest BCUT2D eigenvalue weighted by Crippen LogP contribution is 2.50. The average Bonchev–Trinajstić information content (AvgIpc) is 2.58. The Balaban J connectivity index is 1.86.